The van der Waals surface area contributed by atoms with Crippen LogP contribution in [0, 0.1) is 0 Å². The van der Waals surface area contributed by atoms with Crippen molar-refractivity contribution in [3.8, 4) is 0 Å². The number of nitrogens with one attached hydrogen (secondary N) is 5. The van der Waals surface area contributed by atoms with Crippen LogP contribution in [0.3, 0.4) is 0 Å². The van der Waals surface area contributed by atoms with E-state index in [2.05, 4.69) is 40.7 Å². The Kier molecular flexibility index (Phi) is 38.9. The van der Waals surface area contributed by atoms with Crippen LogP contribution in [0.25, 0.3) is 0 Å². The van der Waals surface area contributed by atoms with E-state index >= 15 is 0 Å². The molecule has 0 spiro atoms. The second kappa shape index (κ2) is 38.4. The van der Waals surface area contributed by atoms with E-state index in [1.807, 2.05) is 6.82 Å². The van der Waals surface area contributed by atoms with Gasteiger partial charge in [-0.15, -0.1) is 6.82 Å². The molecule has 0 saturated heterocycles. The van der Waals surface area contributed by atoms with E-state index < -0.39 is 23.6 Å². The summed E-state index contributed by atoms with van der Waals surface area (Å²) in [5, 5.41) is 14.0. The predicted molar refractivity (Wildman–Crippen MR) is 248 cm³/mol. The third-order valence-corrected chi connectivity index (χ3v) is 8.54. The molecule has 0 aliphatic rings. The highest BCUT2D eigenvalue weighted by atomic mass is 16.2. The monoisotopic (exact) mass is 827 g/mol. The van der Waals surface area contributed by atoms with Gasteiger partial charge in [-0.1, -0.05) is 34.5 Å². The summed E-state index contributed by atoms with van der Waals surface area (Å²) >= 11 is 0. The van der Waals surface area contributed by atoms with Crippen molar-refractivity contribution in [2.75, 3.05) is 98.7 Å². The minimum absolute atomic E-state index is 0. The Hall–Kier alpha value is -3.54. The van der Waals surface area contributed by atoms with Crippen molar-refractivity contribution in [3.63, 3.8) is 0 Å². The normalized spacial score (nSPS) is 9.90. The Morgan fingerprint density at radius 2 is 1.05 bits per heavy atom. The summed E-state index contributed by atoms with van der Waals surface area (Å²) in [6.45, 7) is 10.8. The number of ketones is 1. The van der Waals surface area contributed by atoms with Gasteiger partial charge in [-0.2, -0.15) is 0 Å². The Morgan fingerprint density at radius 1 is 0.617 bits per heavy atom. The lowest BCUT2D eigenvalue weighted by Gasteiger charge is -2.24. The fraction of sp³-hybridized carbons (Fsp3) is 0.765. The summed E-state index contributed by atoms with van der Waals surface area (Å²) in [4.78, 5) is 103. The fourth-order valence-corrected chi connectivity index (χ4v) is 5.08. The van der Waals surface area contributed by atoms with E-state index in [0.29, 0.717) is 32.7 Å². The molecular weight excluding hydrogens is 760 g/mol. The highest BCUT2D eigenvalue weighted by Gasteiger charge is 2.20. The smallest absolute Gasteiger partial charge is 0.239 e. The number of amides is 7. The zero-order valence-corrected chi connectivity index (χ0v) is 36.2. The molecule has 11 radical (unpaired) electrons. The van der Waals surface area contributed by atoms with Crippen molar-refractivity contribution in [3.05, 3.63) is 0 Å². The second-order valence-corrected chi connectivity index (χ2v) is 13.5. The van der Waals surface area contributed by atoms with E-state index in [1.165, 1.54) is 33.7 Å². The average molecular weight is 825 g/mol. The Morgan fingerprint density at radius 3 is 1.47 bits per heavy atom. The lowest BCUT2D eigenvalue weighted by atomic mass is 8.79. The molecule has 5 N–H and O–H groups in total. The summed E-state index contributed by atoms with van der Waals surface area (Å²) in [6, 6.07) is 0. The van der Waals surface area contributed by atoms with Crippen LogP contribution in [0.1, 0.15) is 48.0 Å². The van der Waals surface area contributed by atoms with Crippen molar-refractivity contribution in [1.82, 2.24) is 46.2 Å². The molecule has 60 heavy (non-hydrogen) atoms. The second-order valence-electron chi connectivity index (χ2n) is 13.5. The molecule has 0 unspecified atom stereocenters. The Bertz CT molecular complexity index is 1280. The van der Waals surface area contributed by atoms with Gasteiger partial charge in [0.15, 0.2) is 0 Å². The summed E-state index contributed by atoms with van der Waals surface area (Å²) < 4.78 is 0. The van der Waals surface area contributed by atoms with Crippen LogP contribution in [0.4, 0.5) is 0 Å². The van der Waals surface area contributed by atoms with Gasteiger partial charge in [0.25, 0.3) is 0 Å². The maximum Gasteiger partial charge on any atom is 0.239 e. The molecule has 0 aromatic heterocycles. The first-order valence-electron chi connectivity index (χ1n) is 20.2. The third kappa shape index (κ3) is 30.5. The molecule has 0 aliphatic heterocycles. The number of hydrogen-bond donors (Lipinski definition) is 5. The quantitative estimate of drug-likeness (QED) is 0.0325. The van der Waals surface area contributed by atoms with Gasteiger partial charge in [0.1, 0.15) is 5.78 Å². The van der Waals surface area contributed by atoms with Gasteiger partial charge in [0.2, 0.25) is 41.4 Å². The van der Waals surface area contributed by atoms with Crippen LogP contribution in [0.5, 0.6) is 0 Å². The number of rotatable bonds is 32. The highest BCUT2D eigenvalue weighted by molar-refractivity contribution is 7.74. The maximum atomic E-state index is 12.6. The number of likely N-dealkylation sites (N-methyl/N-ethyl adjacent to an activating group) is 1. The molecule has 0 fully saturated rings. The standard InChI is InChI=1S/C30H53B3N9O8.C3H8B6.CH4/c1-5-27(47)39(19-23(3)43)15-11-37-25(45)20-40(28(48)6-2)14-10-35-7-8-36-24(44)22-42(30(50)18-33-32)16-12-38-26(46)21-41(13-9-34-4)29(49)17-31;1-3-6-9(5)8(2)7-4;/h34-35H,5-22H2,1-4H3,(H,36,44)(H,37,45)(H,38,46);3H2,1-2H3;1H4. The molecule has 0 aromatic rings. The molecule has 0 aromatic carbocycles. The molecule has 26 heteroatoms. The highest BCUT2D eigenvalue weighted by Crippen LogP contribution is 1.98. The maximum absolute atomic E-state index is 12.6. The molecule has 17 nitrogen and oxygen atoms in total. The van der Waals surface area contributed by atoms with Gasteiger partial charge in [-0.25, -0.2) is 0 Å². The van der Waals surface area contributed by atoms with E-state index in [9.17, 15) is 38.4 Å². The van der Waals surface area contributed by atoms with Gasteiger partial charge >= 0.3 is 0 Å². The van der Waals surface area contributed by atoms with Crippen LogP contribution in [-0.4, -0.2) is 231 Å². The number of carbonyl (C=O) groups is 8. The van der Waals surface area contributed by atoms with E-state index in [0.717, 1.165) is 6.32 Å². The van der Waals surface area contributed by atoms with E-state index in [-0.39, 0.29) is 128 Å². The van der Waals surface area contributed by atoms with Crippen LogP contribution in [0.2, 0.25) is 25.8 Å². The molecule has 0 heterocycles. The fourth-order valence-electron chi connectivity index (χ4n) is 5.08. The summed E-state index contributed by atoms with van der Waals surface area (Å²) in [7, 11) is 28.4. The van der Waals surface area contributed by atoms with Gasteiger partial charge in [-0.3, -0.25) is 38.4 Å². The molecule has 0 atom stereocenters. The number of hydrogen-bond acceptors (Lipinski definition) is 10. The number of nitrogens with zero attached hydrogens (tertiary/aromatic N) is 4. The predicted octanol–water partition coefficient (Wildman–Crippen LogP) is -4.43. The van der Waals surface area contributed by atoms with Crippen LogP contribution in [-0.2, 0) is 38.4 Å². The molecule has 0 rings (SSSR count). The van der Waals surface area contributed by atoms with Crippen molar-refractivity contribution in [1.29, 1.82) is 0 Å². The zero-order valence-electron chi connectivity index (χ0n) is 36.2. The first kappa shape index (κ1) is 60.8. The Labute approximate surface area is 368 Å². The minimum atomic E-state index is -0.436. The third-order valence-electron chi connectivity index (χ3n) is 8.54. The molecule has 321 valence electrons. The van der Waals surface area contributed by atoms with Gasteiger partial charge in [0.05, 0.1) is 48.4 Å². The Balaban J connectivity index is -0.00000288. The van der Waals surface area contributed by atoms with E-state index in [1.54, 1.807) is 28.0 Å². The molecule has 0 saturated carbocycles. The minimum Gasteiger partial charge on any atom is -0.353 e. The first-order chi connectivity index (χ1) is 28.0. The summed E-state index contributed by atoms with van der Waals surface area (Å²) in [5.41, 5.74) is 0. The van der Waals surface area contributed by atoms with Gasteiger partial charge < -0.3 is 46.2 Å². The SMILES string of the molecule is C.[B][B]B(C)B([B])[B]CC.[B][B]CC(=O)N(CCNC(=O)CN(CCNC)C(=O)C[B])CC(=O)NCCNCCN(CC(=O)NCCN(CC(C)=O)C(=O)CC)C(=O)CC. The van der Waals surface area contributed by atoms with Crippen molar-refractivity contribution < 1.29 is 38.4 Å². The largest absolute Gasteiger partial charge is 0.353 e. The van der Waals surface area contributed by atoms with Crippen molar-refractivity contribution in [2.24, 2.45) is 0 Å². The number of Topliss-reactive ketones (excluding diaryl/α,β-unsaturated/α-hetero) is 1. The summed E-state index contributed by atoms with van der Waals surface area (Å²) in [6.07, 6.45) is 1.24. The van der Waals surface area contributed by atoms with E-state index in [4.69, 9.17) is 31.1 Å². The first-order valence-corrected chi connectivity index (χ1v) is 20.2. The van der Waals surface area contributed by atoms with Crippen LogP contribution in [0.15, 0.2) is 0 Å². The van der Waals surface area contributed by atoms with Gasteiger partial charge in [0, 0.05) is 121 Å². The van der Waals surface area contributed by atoms with Crippen molar-refractivity contribution >= 4 is 112 Å². The van der Waals surface area contributed by atoms with Gasteiger partial charge in [-0.05, 0) is 26.6 Å². The number of carbonyl (C=O) groups excluding carboxylic acids is 8. The molecular formula is C34H65B9N9O8. The molecule has 7 amide bonds. The lowest BCUT2D eigenvalue weighted by molar-refractivity contribution is -0.136. The zero-order chi connectivity index (χ0) is 45.2. The average Bonchev–Trinajstić information content (AvgIpc) is 3.21. The lowest BCUT2D eigenvalue weighted by Crippen LogP contribution is -2.47. The molecule has 0 aliphatic carbocycles. The molecule has 0 bridgehead atoms. The summed E-state index contributed by atoms with van der Waals surface area (Å²) in [5.74, 6) is -2.63. The van der Waals surface area contributed by atoms with Crippen LogP contribution >= 0.6 is 0 Å². The van der Waals surface area contributed by atoms with Crippen molar-refractivity contribution in [2.45, 2.75) is 73.7 Å². The van der Waals surface area contributed by atoms with Crippen LogP contribution < -0.4 is 26.6 Å². The topological polar surface area (TPSA) is 210 Å².